The Hall–Kier alpha value is -1.46. The van der Waals surface area contributed by atoms with Gasteiger partial charge in [-0.05, 0) is 12.0 Å². The average molecular weight is 221 g/mol. The number of nitro groups is 1. The van der Waals surface area contributed by atoms with E-state index in [-0.39, 0.29) is 16.7 Å². The van der Waals surface area contributed by atoms with Crippen LogP contribution in [0.4, 0.5) is 5.69 Å². The number of nitrogens with zero attached hydrogens (tertiary/aromatic N) is 2. The summed E-state index contributed by atoms with van der Waals surface area (Å²) in [6.45, 7) is 2.60. The summed E-state index contributed by atoms with van der Waals surface area (Å²) < 4.78 is 0. The van der Waals surface area contributed by atoms with E-state index in [1.807, 2.05) is 6.07 Å². The van der Waals surface area contributed by atoms with Gasteiger partial charge in [0.05, 0.1) is 4.92 Å². The number of hydrogen-bond donors (Lipinski definition) is 1. The standard InChI is InChI=1S/C11H15N3O2/c12-10-4-5-13(8-10)7-9-2-1-3-11(6-9)14(15)16/h1-3,6,10H,4-5,7-8,12H2/t10-/m1/s1. The van der Waals surface area contributed by atoms with E-state index < -0.39 is 0 Å². The Morgan fingerprint density at radius 3 is 3.00 bits per heavy atom. The van der Waals surface area contributed by atoms with Crippen LogP contribution in [0.15, 0.2) is 24.3 Å². The lowest BCUT2D eigenvalue weighted by Crippen LogP contribution is -2.26. The van der Waals surface area contributed by atoms with Crippen LogP contribution in [0.5, 0.6) is 0 Å². The van der Waals surface area contributed by atoms with Crippen molar-refractivity contribution in [3.63, 3.8) is 0 Å². The van der Waals surface area contributed by atoms with E-state index in [2.05, 4.69) is 4.90 Å². The lowest BCUT2D eigenvalue weighted by atomic mass is 10.2. The summed E-state index contributed by atoms with van der Waals surface area (Å²) in [6.07, 6.45) is 1.01. The van der Waals surface area contributed by atoms with Crippen molar-refractivity contribution in [1.82, 2.24) is 4.90 Å². The zero-order valence-corrected chi connectivity index (χ0v) is 9.00. The third-order valence-corrected chi connectivity index (χ3v) is 2.84. The first-order valence-corrected chi connectivity index (χ1v) is 5.36. The smallest absolute Gasteiger partial charge is 0.269 e. The second-order valence-corrected chi connectivity index (χ2v) is 4.21. The second kappa shape index (κ2) is 4.59. The van der Waals surface area contributed by atoms with Crippen molar-refractivity contribution in [2.45, 2.75) is 19.0 Å². The van der Waals surface area contributed by atoms with Crippen LogP contribution < -0.4 is 5.73 Å². The highest BCUT2D eigenvalue weighted by Crippen LogP contribution is 2.17. The molecule has 1 saturated heterocycles. The van der Waals surface area contributed by atoms with Crippen LogP contribution in [-0.2, 0) is 6.54 Å². The van der Waals surface area contributed by atoms with Crippen molar-refractivity contribution in [3.8, 4) is 0 Å². The van der Waals surface area contributed by atoms with Gasteiger partial charge in [0.1, 0.15) is 0 Å². The molecule has 0 aliphatic carbocycles. The van der Waals surface area contributed by atoms with Gasteiger partial charge in [0.2, 0.25) is 0 Å². The lowest BCUT2D eigenvalue weighted by Gasteiger charge is -2.14. The van der Waals surface area contributed by atoms with E-state index in [0.717, 1.165) is 31.6 Å². The Bertz CT molecular complexity index is 395. The molecule has 86 valence electrons. The fraction of sp³-hybridized carbons (Fsp3) is 0.455. The van der Waals surface area contributed by atoms with E-state index in [4.69, 9.17) is 5.73 Å². The number of non-ortho nitro benzene ring substituents is 1. The summed E-state index contributed by atoms with van der Waals surface area (Å²) in [5.41, 5.74) is 6.94. The minimum atomic E-state index is -0.362. The molecule has 1 atom stereocenters. The Morgan fingerprint density at radius 2 is 2.38 bits per heavy atom. The van der Waals surface area contributed by atoms with Crippen LogP contribution in [0.2, 0.25) is 0 Å². The summed E-state index contributed by atoms with van der Waals surface area (Å²) in [6, 6.07) is 7.03. The van der Waals surface area contributed by atoms with Gasteiger partial charge in [0.25, 0.3) is 5.69 Å². The topological polar surface area (TPSA) is 72.4 Å². The van der Waals surface area contributed by atoms with Gasteiger partial charge in [0.15, 0.2) is 0 Å². The summed E-state index contributed by atoms with van der Waals surface area (Å²) >= 11 is 0. The molecule has 0 spiro atoms. The maximum atomic E-state index is 10.6. The van der Waals surface area contributed by atoms with Crippen molar-refractivity contribution in [3.05, 3.63) is 39.9 Å². The van der Waals surface area contributed by atoms with Gasteiger partial charge in [-0.1, -0.05) is 12.1 Å². The minimum absolute atomic E-state index is 0.154. The molecule has 2 N–H and O–H groups in total. The molecule has 2 rings (SSSR count). The van der Waals surface area contributed by atoms with Gasteiger partial charge in [-0.3, -0.25) is 15.0 Å². The molecule has 1 fully saturated rings. The number of nitro benzene ring substituents is 1. The van der Waals surface area contributed by atoms with Gasteiger partial charge in [-0.15, -0.1) is 0 Å². The zero-order chi connectivity index (χ0) is 11.5. The number of hydrogen-bond acceptors (Lipinski definition) is 4. The van der Waals surface area contributed by atoms with Crippen molar-refractivity contribution in [2.24, 2.45) is 5.73 Å². The van der Waals surface area contributed by atoms with Crippen molar-refractivity contribution in [1.29, 1.82) is 0 Å². The molecular formula is C11H15N3O2. The SMILES string of the molecule is N[C@@H]1CCN(Cc2cccc([N+](=O)[O-])c2)C1. The van der Waals surface area contributed by atoms with Crippen LogP contribution in [0, 0.1) is 10.1 Å². The highest BCUT2D eigenvalue weighted by atomic mass is 16.6. The normalized spacial score (nSPS) is 21.2. The number of benzene rings is 1. The fourth-order valence-electron chi connectivity index (χ4n) is 2.03. The Labute approximate surface area is 94.0 Å². The van der Waals surface area contributed by atoms with E-state index in [1.54, 1.807) is 12.1 Å². The molecule has 1 aliphatic heterocycles. The molecule has 1 aromatic carbocycles. The molecule has 1 aromatic rings. The Kier molecular flexibility index (Phi) is 3.17. The van der Waals surface area contributed by atoms with Crippen LogP contribution in [0.25, 0.3) is 0 Å². The first-order valence-electron chi connectivity index (χ1n) is 5.36. The predicted octanol–water partition coefficient (Wildman–Crippen LogP) is 1.13. The molecule has 1 aliphatic rings. The molecule has 5 heteroatoms. The summed E-state index contributed by atoms with van der Waals surface area (Å²) in [7, 11) is 0. The number of likely N-dealkylation sites (tertiary alicyclic amines) is 1. The lowest BCUT2D eigenvalue weighted by molar-refractivity contribution is -0.384. The summed E-state index contributed by atoms with van der Waals surface area (Å²) in [5.74, 6) is 0. The summed E-state index contributed by atoms with van der Waals surface area (Å²) in [5, 5.41) is 10.6. The van der Waals surface area contributed by atoms with Crippen molar-refractivity contribution < 1.29 is 4.92 Å². The van der Waals surface area contributed by atoms with Gasteiger partial charge in [0, 0.05) is 37.8 Å². The van der Waals surface area contributed by atoms with Gasteiger partial charge in [-0.25, -0.2) is 0 Å². The molecular weight excluding hydrogens is 206 g/mol. The van der Waals surface area contributed by atoms with Crippen LogP contribution in [-0.4, -0.2) is 29.0 Å². The van der Waals surface area contributed by atoms with Gasteiger partial charge in [-0.2, -0.15) is 0 Å². The molecule has 1 heterocycles. The third-order valence-electron chi connectivity index (χ3n) is 2.84. The van der Waals surface area contributed by atoms with Crippen LogP contribution in [0.1, 0.15) is 12.0 Å². The Morgan fingerprint density at radius 1 is 1.56 bits per heavy atom. The van der Waals surface area contributed by atoms with E-state index >= 15 is 0 Å². The maximum absolute atomic E-state index is 10.6. The zero-order valence-electron chi connectivity index (χ0n) is 9.00. The molecule has 0 bridgehead atoms. The van der Waals surface area contributed by atoms with E-state index in [0.29, 0.717) is 0 Å². The average Bonchev–Trinajstić information content (AvgIpc) is 2.64. The molecule has 0 radical (unpaired) electrons. The molecule has 5 nitrogen and oxygen atoms in total. The van der Waals surface area contributed by atoms with Crippen LogP contribution in [0.3, 0.4) is 0 Å². The molecule has 16 heavy (non-hydrogen) atoms. The highest BCUT2D eigenvalue weighted by Gasteiger charge is 2.19. The van der Waals surface area contributed by atoms with E-state index in [1.165, 1.54) is 6.07 Å². The monoisotopic (exact) mass is 221 g/mol. The molecule has 0 amide bonds. The van der Waals surface area contributed by atoms with Crippen molar-refractivity contribution >= 4 is 5.69 Å². The third kappa shape index (κ3) is 2.56. The molecule has 0 saturated carbocycles. The second-order valence-electron chi connectivity index (χ2n) is 4.21. The Balaban J connectivity index is 2.04. The van der Waals surface area contributed by atoms with Gasteiger partial charge >= 0.3 is 0 Å². The number of nitrogens with two attached hydrogens (primary N) is 1. The first kappa shape index (κ1) is 11.0. The number of rotatable bonds is 3. The summed E-state index contributed by atoms with van der Waals surface area (Å²) in [4.78, 5) is 12.5. The highest BCUT2D eigenvalue weighted by molar-refractivity contribution is 5.34. The van der Waals surface area contributed by atoms with E-state index in [9.17, 15) is 10.1 Å². The first-order chi connectivity index (χ1) is 7.65. The molecule has 0 aromatic heterocycles. The van der Waals surface area contributed by atoms with Crippen LogP contribution >= 0.6 is 0 Å². The largest absolute Gasteiger partial charge is 0.326 e. The van der Waals surface area contributed by atoms with Crippen molar-refractivity contribution in [2.75, 3.05) is 13.1 Å². The van der Waals surface area contributed by atoms with Gasteiger partial charge < -0.3 is 5.73 Å². The quantitative estimate of drug-likeness (QED) is 0.613. The maximum Gasteiger partial charge on any atom is 0.269 e. The predicted molar refractivity (Wildman–Crippen MR) is 61.0 cm³/mol. The fourth-order valence-corrected chi connectivity index (χ4v) is 2.03. The minimum Gasteiger partial charge on any atom is -0.326 e. The molecule has 0 unspecified atom stereocenters.